The molecule has 1 fully saturated rings. The summed E-state index contributed by atoms with van der Waals surface area (Å²) in [7, 11) is -3.54. The van der Waals surface area contributed by atoms with Crippen LogP contribution >= 0.6 is 15.9 Å². The number of nitrogens with zero attached hydrogens (tertiary/aromatic N) is 2. The molecule has 0 aromatic heterocycles. The molecule has 2 aromatic carbocycles. The number of allylic oxidation sites excluding steroid dienone is 1. The van der Waals surface area contributed by atoms with Crippen LogP contribution in [0.25, 0.3) is 6.08 Å². The first-order valence-corrected chi connectivity index (χ1v) is 11.9. The van der Waals surface area contributed by atoms with E-state index in [2.05, 4.69) is 26.5 Å². The van der Waals surface area contributed by atoms with Gasteiger partial charge in [-0.3, -0.25) is 4.79 Å². The molecule has 6 nitrogen and oxygen atoms in total. The molecule has 0 saturated carbocycles. The largest absolute Gasteiger partial charge is 0.273 e. The van der Waals surface area contributed by atoms with E-state index in [4.69, 9.17) is 0 Å². The number of hydrazone groups is 1. The fourth-order valence-corrected chi connectivity index (χ4v) is 4.99. The minimum atomic E-state index is -3.54. The molecule has 0 unspecified atom stereocenters. The molecule has 0 aliphatic carbocycles. The van der Waals surface area contributed by atoms with E-state index in [-0.39, 0.29) is 16.7 Å². The minimum absolute atomic E-state index is 0.181. The smallest absolute Gasteiger partial charge is 0.243 e. The Morgan fingerprint density at radius 3 is 2.37 bits per heavy atom. The maximum absolute atomic E-state index is 12.8. The molecule has 1 aliphatic heterocycles. The summed E-state index contributed by atoms with van der Waals surface area (Å²) < 4.78 is 27.8. The zero-order valence-electron chi connectivity index (χ0n) is 16.7. The van der Waals surface area contributed by atoms with E-state index in [1.54, 1.807) is 30.5 Å². The van der Waals surface area contributed by atoms with Gasteiger partial charge in [-0.1, -0.05) is 52.3 Å². The normalized spacial score (nSPS) is 16.7. The van der Waals surface area contributed by atoms with Crippen molar-refractivity contribution in [3.8, 4) is 0 Å². The minimum Gasteiger partial charge on any atom is -0.273 e. The molecule has 0 spiro atoms. The van der Waals surface area contributed by atoms with Gasteiger partial charge in [0.25, 0.3) is 0 Å². The summed E-state index contributed by atoms with van der Waals surface area (Å²) in [5, 5.41) is 4.04. The van der Waals surface area contributed by atoms with Crippen molar-refractivity contribution in [3.63, 3.8) is 0 Å². The molecule has 1 heterocycles. The number of carbonyl (C=O) groups is 1. The van der Waals surface area contributed by atoms with Crippen LogP contribution in [-0.4, -0.2) is 37.9 Å². The van der Waals surface area contributed by atoms with Gasteiger partial charge >= 0.3 is 0 Å². The second-order valence-electron chi connectivity index (χ2n) is 7.17. The molecule has 1 aliphatic rings. The van der Waals surface area contributed by atoms with Crippen LogP contribution in [0.15, 0.2) is 74.6 Å². The molecular formula is C22H24BrN3O3S. The lowest BCUT2D eigenvalue weighted by atomic mass is 9.98. The SMILES string of the molecule is CC(=C/c1ccccc1)/C=N/NC(=O)C1CCN(S(=O)(=O)c2ccc(Br)cc2)CC1. The first kappa shape index (κ1) is 22.4. The summed E-state index contributed by atoms with van der Waals surface area (Å²) in [4.78, 5) is 12.6. The molecule has 1 saturated heterocycles. The number of piperidine rings is 1. The van der Waals surface area contributed by atoms with Crippen molar-refractivity contribution in [2.45, 2.75) is 24.7 Å². The van der Waals surface area contributed by atoms with E-state index < -0.39 is 10.0 Å². The highest BCUT2D eigenvalue weighted by Gasteiger charge is 2.32. The molecule has 158 valence electrons. The van der Waals surface area contributed by atoms with Crippen molar-refractivity contribution in [3.05, 3.63) is 70.2 Å². The Morgan fingerprint density at radius 2 is 1.73 bits per heavy atom. The lowest BCUT2D eigenvalue weighted by Crippen LogP contribution is -2.42. The second-order valence-corrected chi connectivity index (χ2v) is 10.0. The molecule has 30 heavy (non-hydrogen) atoms. The van der Waals surface area contributed by atoms with Crippen molar-refractivity contribution in [2.75, 3.05) is 13.1 Å². The standard InChI is InChI=1S/C22H24BrN3O3S/c1-17(15-18-5-3-2-4-6-18)16-24-25-22(27)19-11-13-26(14-12-19)30(28,29)21-9-7-20(23)8-10-21/h2-10,15-16,19H,11-14H2,1H3,(H,25,27)/b17-15-,24-16+. The van der Waals surface area contributed by atoms with E-state index in [1.807, 2.05) is 43.3 Å². The quantitative estimate of drug-likeness (QED) is 0.490. The number of hydrogen-bond acceptors (Lipinski definition) is 4. The number of benzene rings is 2. The predicted molar refractivity (Wildman–Crippen MR) is 122 cm³/mol. The van der Waals surface area contributed by atoms with Crippen LogP contribution in [0.4, 0.5) is 0 Å². The number of hydrogen-bond donors (Lipinski definition) is 1. The number of amides is 1. The van der Waals surface area contributed by atoms with Crippen LogP contribution in [0.2, 0.25) is 0 Å². The van der Waals surface area contributed by atoms with Gasteiger partial charge in [0.05, 0.1) is 11.1 Å². The average Bonchev–Trinajstić information content (AvgIpc) is 2.75. The number of nitrogens with one attached hydrogen (secondary N) is 1. The Bertz CT molecular complexity index is 1030. The number of carbonyl (C=O) groups excluding carboxylic acids is 1. The lowest BCUT2D eigenvalue weighted by molar-refractivity contribution is -0.126. The fourth-order valence-electron chi connectivity index (χ4n) is 3.25. The molecule has 1 N–H and O–H groups in total. The van der Waals surface area contributed by atoms with Crippen LogP contribution < -0.4 is 5.43 Å². The maximum atomic E-state index is 12.8. The van der Waals surface area contributed by atoms with Crippen molar-refractivity contribution in [2.24, 2.45) is 11.0 Å². The highest BCUT2D eigenvalue weighted by atomic mass is 79.9. The summed E-state index contributed by atoms with van der Waals surface area (Å²) in [5.74, 6) is -0.434. The number of rotatable bonds is 6. The van der Waals surface area contributed by atoms with Gasteiger partial charge in [0.15, 0.2) is 0 Å². The predicted octanol–water partition coefficient (Wildman–Crippen LogP) is 4.06. The van der Waals surface area contributed by atoms with Gasteiger partial charge in [0.2, 0.25) is 15.9 Å². The van der Waals surface area contributed by atoms with Crippen molar-refractivity contribution in [1.82, 2.24) is 9.73 Å². The van der Waals surface area contributed by atoms with Gasteiger partial charge in [-0.05, 0) is 55.2 Å². The summed E-state index contributed by atoms with van der Waals surface area (Å²) in [5.41, 5.74) is 4.55. The van der Waals surface area contributed by atoms with Crippen LogP contribution in [0, 0.1) is 5.92 Å². The zero-order valence-corrected chi connectivity index (χ0v) is 19.1. The van der Waals surface area contributed by atoms with Crippen LogP contribution in [0.1, 0.15) is 25.3 Å². The molecule has 0 bridgehead atoms. The van der Waals surface area contributed by atoms with Crippen LogP contribution in [0.3, 0.4) is 0 Å². The van der Waals surface area contributed by atoms with Gasteiger partial charge in [0.1, 0.15) is 0 Å². The van der Waals surface area contributed by atoms with Crippen molar-refractivity contribution >= 4 is 44.2 Å². The van der Waals surface area contributed by atoms with Crippen molar-refractivity contribution in [1.29, 1.82) is 0 Å². The Morgan fingerprint density at radius 1 is 1.10 bits per heavy atom. The molecule has 0 radical (unpaired) electrons. The van der Waals surface area contributed by atoms with E-state index in [9.17, 15) is 13.2 Å². The Labute approximate surface area is 185 Å². The van der Waals surface area contributed by atoms with E-state index in [1.165, 1.54) is 4.31 Å². The summed E-state index contributed by atoms with van der Waals surface area (Å²) >= 11 is 3.31. The summed E-state index contributed by atoms with van der Waals surface area (Å²) in [6.45, 7) is 2.54. The highest BCUT2D eigenvalue weighted by Crippen LogP contribution is 2.25. The van der Waals surface area contributed by atoms with Crippen LogP contribution in [0.5, 0.6) is 0 Å². The Hall–Kier alpha value is -2.29. The monoisotopic (exact) mass is 489 g/mol. The van der Waals surface area contributed by atoms with Gasteiger partial charge in [-0.15, -0.1) is 0 Å². The fraction of sp³-hybridized carbons (Fsp3) is 0.273. The van der Waals surface area contributed by atoms with Crippen molar-refractivity contribution < 1.29 is 13.2 Å². The molecule has 8 heteroatoms. The molecule has 0 atom stereocenters. The summed E-state index contributed by atoms with van der Waals surface area (Å²) in [6, 6.07) is 16.4. The average molecular weight is 490 g/mol. The Kier molecular flexibility index (Phi) is 7.58. The van der Waals surface area contributed by atoms with E-state index in [0.717, 1.165) is 15.6 Å². The third-order valence-electron chi connectivity index (χ3n) is 4.91. The second kappa shape index (κ2) is 10.1. The first-order chi connectivity index (χ1) is 14.4. The third kappa shape index (κ3) is 5.87. The van der Waals surface area contributed by atoms with E-state index >= 15 is 0 Å². The van der Waals surface area contributed by atoms with Gasteiger partial charge in [0, 0.05) is 23.5 Å². The maximum Gasteiger partial charge on any atom is 0.243 e. The molecule has 2 aromatic rings. The summed E-state index contributed by atoms with van der Waals surface area (Å²) in [6.07, 6.45) is 4.52. The number of halogens is 1. The Balaban J connectivity index is 1.51. The van der Waals surface area contributed by atoms with Gasteiger partial charge in [-0.2, -0.15) is 9.41 Å². The number of sulfonamides is 1. The van der Waals surface area contributed by atoms with Crippen LogP contribution in [-0.2, 0) is 14.8 Å². The topological polar surface area (TPSA) is 78.8 Å². The third-order valence-corrected chi connectivity index (χ3v) is 7.35. The van der Waals surface area contributed by atoms with E-state index in [0.29, 0.717) is 25.9 Å². The first-order valence-electron chi connectivity index (χ1n) is 9.68. The van der Waals surface area contributed by atoms with Gasteiger partial charge in [-0.25, -0.2) is 13.8 Å². The molecule has 3 rings (SSSR count). The molecular weight excluding hydrogens is 466 g/mol. The molecule has 1 amide bonds. The zero-order chi connectivity index (χ0) is 21.6. The highest BCUT2D eigenvalue weighted by molar-refractivity contribution is 9.10. The lowest BCUT2D eigenvalue weighted by Gasteiger charge is -2.30. The van der Waals surface area contributed by atoms with Gasteiger partial charge < -0.3 is 0 Å².